The van der Waals surface area contributed by atoms with Crippen LogP contribution in [-0.4, -0.2) is 5.78 Å². The largest absolute Gasteiger partial charge is 0.295 e. The van der Waals surface area contributed by atoms with Crippen molar-refractivity contribution in [2.45, 2.75) is 27.2 Å². The lowest BCUT2D eigenvalue weighted by Crippen LogP contribution is -1.87. The third-order valence-corrected chi connectivity index (χ3v) is 2.28. The minimum absolute atomic E-state index is 0.105. The summed E-state index contributed by atoms with van der Waals surface area (Å²) in [5.41, 5.74) is 3.87. The van der Waals surface area contributed by atoms with E-state index in [-0.39, 0.29) is 5.78 Å². The molecule has 0 radical (unpaired) electrons. The zero-order valence-corrected chi connectivity index (χ0v) is 9.00. The van der Waals surface area contributed by atoms with Crippen LogP contribution in [0.25, 0.3) is 0 Å². The van der Waals surface area contributed by atoms with E-state index < -0.39 is 0 Å². The zero-order valence-electron chi connectivity index (χ0n) is 9.00. The molecule has 1 heteroatoms. The fraction of sp³-hybridized carbons (Fsp3) is 0.308. The summed E-state index contributed by atoms with van der Waals surface area (Å²) in [6.45, 7) is 5.77. The Kier molecular flexibility index (Phi) is 3.63. The summed E-state index contributed by atoms with van der Waals surface area (Å²) >= 11 is 0. The van der Waals surface area contributed by atoms with Gasteiger partial charge in [0.2, 0.25) is 0 Å². The van der Waals surface area contributed by atoms with Crippen LogP contribution in [0.2, 0.25) is 0 Å². The van der Waals surface area contributed by atoms with Crippen LogP contribution in [0.15, 0.2) is 30.4 Å². The third kappa shape index (κ3) is 3.17. The second-order valence-corrected chi connectivity index (χ2v) is 3.64. The number of benzene rings is 1. The molecule has 0 aromatic heterocycles. The van der Waals surface area contributed by atoms with Crippen LogP contribution >= 0.6 is 0 Å². The molecule has 0 bridgehead atoms. The number of hydrogen-bond acceptors (Lipinski definition) is 1. The molecule has 0 fully saturated rings. The molecule has 14 heavy (non-hydrogen) atoms. The molecule has 0 spiro atoms. The van der Waals surface area contributed by atoms with Crippen LogP contribution in [0, 0.1) is 13.8 Å². The maximum Gasteiger partial charge on any atom is 0.152 e. The second-order valence-electron chi connectivity index (χ2n) is 3.64. The Morgan fingerprint density at radius 1 is 1.29 bits per heavy atom. The predicted octanol–water partition coefficient (Wildman–Crippen LogP) is 2.99. The van der Waals surface area contributed by atoms with Crippen molar-refractivity contribution in [2.75, 3.05) is 0 Å². The average Bonchev–Trinajstić information content (AvgIpc) is 2.10. The molecular weight excluding hydrogens is 172 g/mol. The number of carbonyl (C=O) groups excluding carboxylic acids is 1. The molecule has 0 N–H and O–H groups in total. The maximum atomic E-state index is 10.7. The van der Waals surface area contributed by atoms with Crippen molar-refractivity contribution in [2.24, 2.45) is 0 Å². The molecule has 1 nitrogen and oxygen atoms in total. The maximum absolute atomic E-state index is 10.7. The topological polar surface area (TPSA) is 17.1 Å². The number of rotatable bonds is 3. The summed E-state index contributed by atoms with van der Waals surface area (Å²) < 4.78 is 0. The Bertz CT molecular complexity index is 361. The van der Waals surface area contributed by atoms with Gasteiger partial charge in [0.25, 0.3) is 0 Å². The van der Waals surface area contributed by atoms with Crippen LogP contribution in [0.4, 0.5) is 0 Å². The van der Waals surface area contributed by atoms with Gasteiger partial charge in [-0.15, -0.1) is 0 Å². The Hall–Kier alpha value is -1.37. The van der Waals surface area contributed by atoms with Gasteiger partial charge in [0.05, 0.1) is 0 Å². The monoisotopic (exact) mass is 188 g/mol. The quantitative estimate of drug-likeness (QED) is 0.666. The van der Waals surface area contributed by atoms with Gasteiger partial charge in [0.15, 0.2) is 5.78 Å². The van der Waals surface area contributed by atoms with Gasteiger partial charge >= 0.3 is 0 Å². The molecule has 1 aromatic rings. The number of ketones is 1. The molecule has 0 heterocycles. The van der Waals surface area contributed by atoms with Gasteiger partial charge in [-0.05, 0) is 50.0 Å². The normalized spacial score (nSPS) is 10.8. The molecule has 0 aliphatic carbocycles. The first-order valence-corrected chi connectivity index (χ1v) is 4.83. The lowest BCUT2D eigenvalue weighted by atomic mass is 10.0. The van der Waals surface area contributed by atoms with Crippen LogP contribution < -0.4 is 0 Å². The van der Waals surface area contributed by atoms with Crippen molar-refractivity contribution < 1.29 is 4.79 Å². The highest BCUT2D eigenvalue weighted by Gasteiger charge is 1.94. The summed E-state index contributed by atoms with van der Waals surface area (Å²) in [4.78, 5) is 10.7. The smallest absolute Gasteiger partial charge is 0.152 e. The lowest BCUT2D eigenvalue weighted by Gasteiger charge is -2.02. The van der Waals surface area contributed by atoms with Gasteiger partial charge in [0.1, 0.15) is 0 Å². The van der Waals surface area contributed by atoms with Gasteiger partial charge in [-0.3, -0.25) is 4.79 Å². The van der Waals surface area contributed by atoms with Crippen LogP contribution in [0.5, 0.6) is 0 Å². The highest BCUT2D eigenvalue weighted by atomic mass is 16.1. The van der Waals surface area contributed by atoms with E-state index in [4.69, 9.17) is 0 Å². The van der Waals surface area contributed by atoms with E-state index in [1.54, 1.807) is 13.0 Å². The van der Waals surface area contributed by atoms with Crippen molar-refractivity contribution in [1.29, 1.82) is 0 Å². The number of hydrogen-bond donors (Lipinski definition) is 0. The molecule has 0 amide bonds. The van der Waals surface area contributed by atoms with Crippen molar-refractivity contribution >= 4 is 5.78 Å². The number of carbonyl (C=O) groups is 1. The second kappa shape index (κ2) is 4.75. The van der Waals surface area contributed by atoms with Crippen molar-refractivity contribution in [3.8, 4) is 0 Å². The molecule has 0 atom stereocenters. The van der Waals surface area contributed by atoms with Crippen molar-refractivity contribution in [3.63, 3.8) is 0 Å². The van der Waals surface area contributed by atoms with Crippen LogP contribution in [-0.2, 0) is 11.2 Å². The Morgan fingerprint density at radius 3 is 2.57 bits per heavy atom. The summed E-state index contributed by atoms with van der Waals surface area (Å²) in [5.74, 6) is 0.105. The number of allylic oxidation sites excluding steroid dienone is 2. The van der Waals surface area contributed by atoms with E-state index in [0.29, 0.717) is 0 Å². The van der Waals surface area contributed by atoms with Crippen LogP contribution in [0.3, 0.4) is 0 Å². The van der Waals surface area contributed by atoms with Gasteiger partial charge in [-0.25, -0.2) is 0 Å². The Morgan fingerprint density at radius 2 is 2.00 bits per heavy atom. The third-order valence-electron chi connectivity index (χ3n) is 2.28. The van der Waals surface area contributed by atoms with Gasteiger partial charge in [0, 0.05) is 0 Å². The number of aryl methyl sites for hydroxylation is 2. The summed E-state index contributed by atoms with van der Waals surface area (Å²) in [7, 11) is 0. The van der Waals surface area contributed by atoms with Crippen molar-refractivity contribution in [3.05, 3.63) is 47.0 Å². The minimum atomic E-state index is 0.105. The first kappa shape index (κ1) is 10.7. The van der Waals surface area contributed by atoms with E-state index in [1.807, 2.05) is 6.08 Å². The predicted molar refractivity (Wildman–Crippen MR) is 59.4 cm³/mol. The molecule has 0 aliphatic rings. The summed E-state index contributed by atoms with van der Waals surface area (Å²) in [6.07, 6.45) is 4.36. The first-order chi connectivity index (χ1) is 6.59. The minimum Gasteiger partial charge on any atom is -0.295 e. The van der Waals surface area contributed by atoms with E-state index in [9.17, 15) is 4.79 Å². The highest BCUT2D eigenvalue weighted by molar-refractivity contribution is 5.87. The molecule has 74 valence electrons. The fourth-order valence-electron chi connectivity index (χ4n) is 1.29. The van der Waals surface area contributed by atoms with E-state index >= 15 is 0 Å². The fourth-order valence-corrected chi connectivity index (χ4v) is 1.29. The molecule has 0 unspecified atom stereocenters. The standard InChI is InChI=1S/C13H16O/c1-10-7-8-13(9-11(10)2)6-4-5-12(3)14/h4-5,7-9H,6H2,1-3H3/b5-4+. The molecule has 0 aliphatic heterocycles. The van der Waals surface area contributed by atoms with Gasteiger partial charge < -0.3 is 0 Å². The first-order valence-electron chi connectivity index (χ1n) is 4.83. The highest BCUT2D eigenvalue weighted by Crippen LogP contribution is 2.10. The van der Waals surface area contributed by atoms with Crippen LogP contribution in [0.1, 0.15) is 23.6 Å². The Balaban J connectivity index is 2.69. The molecule has 1 rings (SSSR count). The van der Waals surface area contributed by atoms with E-state index in [1.165, 1.54) is 16.7 Å². The summed E-state index contributed by atoms with van der Waals surface area (Å²) in [6, 6.07) is 6.39. The van der Waals surface area contributed by atoms with E-state index in [2.05, 4.69) is 32.0 Å². The van der Waals surface area contributed by atoms with E-state index in [0.717, 1.165) is 6.42 Å². The summed E-state index contributed by atoms with van der Waals surface area (Å²) in [5, 5.41) is 0. The van der Waals surface area contributed by atoms with Crippen molar-refractivity contribution in [1.82, 2.24) is 0 Å². The van der Waals surface area contributed by atoms with Gasteiger partial charge in [-0.2, -0.15) is 0 Å². The Labute approximate surface area is 85.5 Å². The van der Waals surface area contributed by atoms with Gasteiger partial charge in [-0.1, -0.05) is 24.3 Å². The molecular formula is C13H16O. The average molecular weight is 188 g/mol. The lowest BCUT2D eigenvalue weighted by molar-refractivity contribution is -0.112. The molecule has 0 saturated carbocycles. The molecule has 0 saturated heterocycles. The zero-order chi connectivity index (χ0) is 10.6. The SMILES string of the molecule is CC(=O)/C=C/Cc1ccc(C)c(C)c1. The molecule has 1 aromatic carbocycles.